The third kappa shape index (κ3) is 2.56. The van der Waals surface area contributed by atoms with Gasteiger partial charge in [0.2, 0.25) is 0 Å². The van der Waals surface area contributed by atoms with Crippen LogP contribution in [0.1, 0.15) is 25.0 Å². The number of methoxy groups -OCH3 is 1. The lowest BCUT2D eigenvalue weighted by Crippen LogP contribution is -2.31. The minimum atomic E-state index is -0.819. The molecule has 1 aliphatic carbocycles. The molecule has 6 nitrogen and oxygen atoms in total. The predicted molar refractivity (Wildman–Crippen MR) is 105 cm³/mol. The first kappa shape index (κ1) is 17.1. The van der Waals surface area contributed by atoms with Crippen LogP contribution in [-0.4, -0.2) is 18.2 Å². The van der Waals surface area contributed by atoms with E-state index in [1.807, 2.05) is 42.5 Å². The summed E-state index contributed by atoms with van der Waals surface area (Å²) in [6.07, 6.45) is -0.199. The third-order valence-corrected chi connectivity index (χ3v) is 5.13. The Morgan fingerprint density at radius 2 is 1.85 bits per heavy atom. The number of carbonyl (C=O) groups is 1. The Morgan fingerprint density at radius 3 is 2.59 bits per heavy atom. The van der Waals surface area contributed by atoms with E-state index in [1.165, 1.54) is 12.7 Å². The first-order valence-electron chi connectivity index (χ1n) is 8.71. The smallest absolute Gasteiger partial charge is 0.437 e. The quantitative estimate of drug-likeness (QED) is 0.476. The molecular formula is C21H19N3O3. The Kier molecular flexibility index (Phi) is 3.91. The zero-order chi connectivity index (χ0) is 19.2. The Morgan fingerprint density at radius 1 is 1.15 bits per heavy atom. The van der Waals surface area contributed by atoms with E-state index in [1.54, 1.807) is 0 Å². The topological polar surface area (TPSA) is 71.9 Å². The second-order valence-corrected chi connectivity index (χ2v) is 7.27. The molecule has 0 radical (unpaired) electrons. The van der Waals surface area contributed by atoms with Crippen LogP contribution in [0.25, 0.3) is 22.2 Å². The van der Waals surface area contributed by atoms with Gasteiger partial charge in [-0.25, -0.2) is 9.78 Å². The van der Waals surface area contributed by atoms with Gasteiger partial charge in [-0.15, -0.1) is 9.92 Å². The minimum Gasteiger partial charge on any atom is -0.451 e. The van der Waals surface area contributed by atoms with Crippen LogP contribution in [-0.2, 0) is 16.6 Å². The van der Waals surface area contributed by atoms with E-state index in [2.05, 4.69) is 25.2 Å². The van der Waals surface area contributed by atoms with E-state index in [0.29, 0.717) is 23.0 Å². The third-order valence-electron chi connectivity index (χ3n) is 5.13. The molecule has 136 valence electrons. The van der Waals surface area contributed by atoms with E-state index in [4.69, 9.17) is 9.72 Å². The van der Waals surface area contributed by atoms with Crippen molar-refractivity contribution in [2.45, 2.75) is 25.7 Å². The number of pyridine rings is 1. The molecule has 0 saturated heterocycles. The summed E-state index contributed by atoms with van der Waals surface area (Å²) < 4.78 is 4.79. The van der Waals surface area contributed by atoms with Gasteiger partial charge >= 0.3 is 6.09 Å². The SMILES string of the molecule is COC(=O)N(N=O)c1c2c(nc3ccccc13)-c1ccccc1C(C)(C)C2. The Labute approximate surface area is 156 Å². The maximum atomic E-state index is 12.3. The standard InChI is InChI=1S/C21H19N3O3/c1-21(2)12-15-18(13-8-4-6-10-16(13)21)22-17-11-7-5-9-14(17)19(15)24(23-26)20(25)27-3/h4-11H,12H2,1-3H3. The highest BCUT2D eigenvalue weighted by atomic mass is 16.6. The van der Waals surface area contributed by atoms with Crippen LogP contribution >= 0.6 is 0 Å². The Hall–Kier alpha value is -3.28. The molecule has 0 saturated carbocycles. The minimum absolute atomic E-state index is 0.187. The molecule has 1 aliphatic rings. The summed E-state index contributed by atoms with van der Waals surface area (Å²) >= 11 is 0. The largest absolute Gasteiger partial charge is 0.451 e. The second-order valence-electron chi connectivity index (χ2n) is 7.27. The fraction of sp³-hybridized carbons (Fsp3) is 0.238. The average molecular weight is 361 g/mol. The van der Waals surface area contributed by atoms with Gasteiger partial charge in [0.05, 0.1) is 29.3 Å². The fourth-order valence-electron chi connectivity index (χ4n) is 3.94. The normalized spacial score (nSPS) is 14.2. The van der Waals surface area contributed by atoms with Crippen LogP contribution in [0.15, 0.2) is 53.8 Å². The Balaban J connectivity index is 2.13. The van der Waals surface area contributed by atoms with Gasteiger partial charge in [-0.05, 0) is 23.5 Å². The molecule has 0 N–H and O–H groups in total. The summed E-state index contributed by atoms with van der Waals surface area (Å²) in [5.74, 6) is 0. The molecule has 0 spiro atoms. The lowest BCUT2D eigenvalue weighted by molar-refractivity contribution is 0.179. The molecular weight excluding hydrogens is 342 g/mol. The number of carbonyl (C=O) groups excluding carboxylic acids is 1. The molecule has 0 atom stereocenters. The first-order chi connectivity index (χ1) is 13.0. The summed E-state index contributed by atoms with van der Waals surface area (Å²) in [4.78, 5) is 28.7. The van der Waals surface area contributed by atoms with Gasteiger partial charge in [0.15, 0.2) is 0 Å². The highest BCUT2D eigenvalue weighted by molar-refractivity contribution is 6.04. The van der Waals surface area contributed by atoms with Gasteiger partial charge in [-0.3, -0.25) is 0 Å². The van der Waals surface area contributed by atoms with Crippen molar-refractivity contribution in [1.29, 1.82) is 0 Å². The number of nitroso groups, excluding NO2 is 1. The van der Waals surface area contributed by atoms with Gasteiger partial charge < -0.3 is 4.74 Å². The van der Waals surface area contributed by atoms with E-state index in [9.17, 15) is 9.70 Å². The van der Waals surface area contributed by atoms with Crippen LogP contribution in [0.5, 0.6) is 0 Å². The summed E-state index contributed by atoms with van der Waals surface area (Å²) in [6.45, 7) is 4.29. The van der Waals surface area contributed by atoms with Crippen molar-refractivity contribution < 1.29 is 9.53 Å². The zero-order valence-corrected chi connectivity index (χ0v) is 15.4. The summed E-state index contributed by atoms with van der Waals surface area (Å²) in [5.41, 5.74) is 4.74. The van der Waals surface area contributed by atoms with Gasteiger partial charge in [0.25, 0.3) is 0 Å². The van der Waals surface area contributed by atoms with Crippen LogP contribution in [0.3, 0.4) is 0 Å². The van der Waals surface area contributed by atoms with E-state index >= 15 is 0 Å². The van der Waals surface area contributed by atoms with Gasteiger partial charge in [0.1, 0.15) is 0 Å². The van der Waals surface area contributed by atoms with Gasteiger partial charge in [-0.1, -0.05) is 56.3 Å². The number of hydrogen-bond donors (Lipinski definition) is 0. The summed E-state index contributed by atoms with van der Waals surface area (Å²) in [7, 11) is 1.23. The maximum absolute atomic E-state index is 12.3. The molecule has 0 bridgehead atoms. The summed E-state index contributed by atoms with van der Waals surface area (Å²) in [5, 5.41) is 4.46. The van der Waals surface area contributed by atoms with Crippen molar-refractivity contribution in [3.63, 3.8) is 0 Å². The monoisotopic (exact) mass is 361 g/mol. The highest BCUT2D eigenvalue weighted by Gasteiger charge is 2.36. The lowest BCUT2D eigenvalue weighted by Gasteiger charge is -2.35. The first-order valence-corrected chi connectivity index (χ1v) is 8.71. The molecule has 1 aromatic heterocycles. The molecule has 4 rings (SSSR count). The van der Waals surface area contributed by atoms with Crippen LogP contribution in [0.4, 0.5) is 10.5 Å². The second kappa shape index (κ2) is 6.16. The Bertz CT molecular complexity index is 1080. The molecule has 27 heavy (non-hydrogen) atoms. The fourth-order valence-corrected chi connectivity index (χ4v) is 3.94. The number of rotatable bonds is 2. The molecule has 0 aliphatic heterocycles. The van der Waals surface area contributed by atoms with Crippen LogP contribution in [0.2, 0.25) is 0 Å². The predicted octanol–water partition coefficient (Wildman–Crippen LogP) is 4.99. The lowest BCUT2D eigenvalue weighted by atomic mass is 9.71. The number of anilines is 1. The number of aromatic nitrogens is 1. The average Bonchev–Trinajstić information content (AvgIpc) is 2.68. The van der Waals surface area contributed by atoms with Crippen molar-refractivity contribution in [1.82, 2.24) is 4.98 Å². The molecule has 1 heterocycles. The summed E-state index contributed by atoms with van der Waals surface area (Å²) in [6, 6.07) is 15.5. The van der Waals surface area contributed by atoms with E-state index in [0.717, 1.165) is 21.8 Å². The molecule has 1 amide bonds. The number of para-hydroxylation sites is 1. The van der Waals surface area contributed by atoms with Crippen molar-refractivity contribution in [2.24, 2.45) is 5.29 Å². The van der Waals surface area contributed by atoms with E-state index in [-0.39, 0.29) is 5.41 Å². The molecule has 2 aromatic carbocycles. The van der Waals surface area contributed by atoms with Crippen LogP contribution < -0.4 is 5.01 Å². The molecule has 0 unspecified atom stereocenters. The van der Waals surface area contributed by atoms with Crippen molar-refractivity contribution >= 4 is 22.7 Å². The van der Waals surface area contributed by atoms with E-state index < -0.39 is 6.09 Å². The number of nitrogens with zero attached hydrogens (tertiary/aromatic N) is 3. The highest BCUT2D eigenvalue weighted by Crippen LogP contribution is 2.47. The number of amides is 1. The number of hydrogen-bond acceptors (Lipinski definition) is 5. The van der Waals surface area contributed by atoms with Crippen molar-refractivity contribution in [3.05, 3.63) is 64.6 Å². The van der Waals surface area contributed by atoms with Gasteiger partial charge in [0, 0.05) is 16.5 Å². The number of benzene rings is 2. The van der Waals surface area contributed by atoms with Crippen molar-refractivity contribution in [2.75, 3.05) is 12.1 Å². The number of fused-ring (bicyclic) bond motifs is 4. The maximum Gasteiger partial charge on any atom is 0.437 e. The van der Waals surface area contributed by atoms with Crippen molar-refractivity contribution in [3.8, 4) is 11.3 Å². The number of ether oxygens (including phenoxy) is 1. The molecule has 6 heteroatoms. The van der Waals surface area contributed by atoms with Crippen LogP contribution in [0, 0.1) is 4.91 Å². The van der Waals surface area contributed by atoms with Gasteiger partial charge in [-0.2, -0.15) is 0 Å². The molecule has 3 aromatic rings. The molecule has 0 fully saturated rings. The zero-order valence-electron chi connectivity index (χ0n) is 15.4.